The van der Waals surface area contributed by atoms with Gasteiger partial charge in [0, 0.05) is 30.1 Å². The maximum atomic E-state index is 11.7. The van der Waals surface area contributed by atoms with Gasteiger partial charge in [0.25, 0.3) is 5.69 Å². The summed E-state index contributed by atoms with van der Waals surface area (Å²) < 4.78 is 0. The van der Waals surface area contributed by atoms with Gasteiger partial charge >= 0.3 is 0 Å². The van der Waals surface area contributed by atoms with Crippen molar-refractivity contribution in [1.82, 2.24) is 0 Å². The maximum absolute atomic E-state index is 11.7. The van der Waals surface area contributed by atoms with Gasteiger partial charge in [0.2, 0.25) is 0 Å². The van der Waals surface area contributed by atoms with E-state index in [0.717, 1.165) is 5.75 Å². The van der Waals surface area contributed by atoms with Gasteiger partial charge in [0.05, 0.1) is 16.9 Å². The molecule has 0 saturated carbocycles. The zero-order chi connectivity index (χ0) is 13.1. The summed E-state index contributed by atoms with van der Waals surface area (Å²) in [5.41, 5.74) is 0.539. The number of rotatable bonds is 3. The Bertz CT molecular complexity index is 460. The lowest BCUT2D eigenvalue weighted by atomic mass is 9.92. The molecule has 18 heavy (non-hydrogen) atoms. The van der Waals surface area contributed by atoms with E-state index in [1.165, 1.54) is 24.3 Å². The van der Waals surface area contributed by atoms with E-state index in [1.807, 2.05) is 0 Å². The standard InChI is InChI=1S/C12H13NO4S/c14-11-5-6-18-7-10(11)12(15)8-1-3-9(4-2-8)13(16)17/h1-4,10,12,15H,5-7H2/t10?,12-/m0/s1. The number of aliphatic hydroxyl groups excluding tert-OH is 1. The van der Waals surface area contributed by atoms with Gasteiger partial charge in [-0.2, -0.15) is 11.8 Å². The lowest BCUT2D eigenvalue weighted by molar-refractivity contribution is -0.384. The fourth-order valence-corrected chi connectivity index (χ4v) is 3.09. The Labute approximate surface area is 108 Å². The second-order valence-corrected chi connectivity index (χ2v) is 5.34. The molecule has 96 valence electrons. The zero-order valence-electron chi connectivity index (χ0n) is 9.61. The molecule has 1 aliphatic heterocycles. The number of hydrogen-bond acceptors (Lipinski definition) is 5. The van der Waals surface area contributed by atoms with Gasteiger partial charge in [-0.3, -0.25) is 14.9 Å². The summed E-state index contributed by atoms with van der Waals surface area (Å²) in [5, 5.41) is 20.7. The number of carbonyl (C=O) groups is 1. The molecule has 0 spiro atoms. The number of hydrogen-bond donors (Lipinski definition) is 1. The van der Waals surface area contributed by atoms with Crippen molar-refractivity contribution in [2.75, 3.05) is 11.5 Å². The molecule has 1 saturated heterocycles. The fourth-order valence-electron chi connectivity index (χ4n) is 1.95. The molecule has 0 aliphatic carbocycles. The minimum absolute atomic E-state index is 0.0182. The van der Waals surface area contributed by atoms with Crippen molar-refractivity contribution < 1.29 is 14.8 Å². The molecule has 1 N–H and O–H groups in total. The third-order valence-electron chi connectivity index (χ3n) is 3.03. The topological polar surface area (TPSA) is 80.4 Å². The number of nitrogens with zero attached hydrogens (tertiary/aromatic N) is 1. The van der Waals surface area contributed by atoms with Crippen molar-refractivity contribution in [2.24, 2.45) is 5.92 Å². The van der Waals surface area contributed by atoms with Crippen molar-refractivity contribution in [1.29, 1.82) is 0 Å². The summed E-state index contributed by atoms with van der Waals surface area (Å²) in [6, 6.07) is 5.71. The number of nitro benzene ring substituents is 1. The Morgan fingerprint density at radius 3 is 2.61 bits per heavy atom. The Hall–Kier alpha value is -1.40. The van der Waals surface area contributed by atoms with E-state index in [2.05, 4.69) is 0 Å². The van der Waals surface area contributed by atoms with Crippen molar-refractivity contribution in [3.63, 3.8) is 0 Å². The average Bonchev–Trinajstić information content (AvgIpc) is 2.38. The molecule has 2 rings (SSSR count). The molecule has 0 bridgehead atoms. The van der Waals surface area contributed by atoms with E-state index < -0.39 is 16.9 Å². The molecule has 2 atom stereocenters. The predicted octanol–water partition coefficient (Wildman–Crippen LogP) is 1.95. The van der Waals surface area contributed by atoms with Gasteiger partial charge in [0.1, 0.15) is 5.78 Å². The van der Waals surface area contributed by atoms with Gasteiger partial charge in [-0.05, 0) is 17.7 Å². The summed E-state index contributed by atoms with van der Waals surface area (Å²) in [7, 11) is 0. The Kier molecular flexibility index (Phi) is 3.98. The van der Waals surface area contributed by atoms with Crippen LogP contribution in [0.3, 0.4) is 0 Å². The first-order valence-electron chi connectivity index (χ1n) is 5.62. The number of aliphatic hydroxyl groups is 1. The van der Waals surface area contributed by atoms with Gasteiger partial charge in [-0.15, -0.1) is 0 Å². The number of nitro groups is 1. The molecule has 1 aliphatic rings. The smallest absolute Gasteiger partial charge is 0.269 e. The van der Waals surface area contributed by atoms with Crippen LogP contribution < -0.4 is 0 Å². The molecular weight excluding hydrogens is 254 g/mol. The SMILES string of the molecule is O=C1CCSCC1[C@@H](O)c1ccc([N+](=O)[O-])cc1. The van der Waals surface area contributed by atoms with Crippen LogP contribution in [0.2, 0.25) is 0 Å². The highest BCUT2D eigenvalue weighted by atomic mass is 32.2. The number of Topliss-reactive ketones (excluding diaryl/α,β-unsaturated/α-hetero) is 1. The quantitative estimate of drug-likeness (QED) is 0.668. The number of carbonyl (C=O) groups excluding carboxylic acids is 1. The van der Waals surface area contributed by atoms with E-state index in [1.54, 1.807) is 11.8 Å². The van der Waals surface area contributed by atoms with Gasteiger partial charge in [0.15, 0.2) is 0 Å². The van der Waals surface area contributed by atoms with Crippen LogP contribution in [-0.4, -0.2) is 27.3 Å². The molecule has 0 radical (unpaired) electrons. The first-order valence-corrected chi connectivity index (χ1v) is 6.78. The van der Waals surface area contributed by atoms with Crippen LogP contribution in [0.5, 0.6) is 0 Å². The highest BCUT2D eigenvalue weighted by molar-refractivity contribution is 7.99. The Morgan fingerprint density at radius 2 is 2.06 bits per heavy atom. The molecule has 1 unspecified atom stereocenters. The van der Waals surface area contributed by atoms with Crippen molar-refractivity contribution >= 4 is 23.2 Å². The third-order valence-corrected chi connectivity index (χ3v) is 4.12. The summed E-state index contributed by atoms with van der Waals surface area (Å²) in [6.07, 6.45) is -0.384. The fraction of sp³-hybridized carbons (Fsp3) is 0.417. The molecule has 1 fully saturated rings. The highest BCUT2D eigenvalue weighted by Crippen LogP contribution is 2.31. The van der Waals surface area contributed by atoms with E-state index in [4.69, 9.17) is 0 Å². The second-order valence-electron chi connectivity index (χ2n) is 4.19. The van der Waals surface area contributed by atoms with Crippen molar-refractivity contribution in [3.8, 4) is 0 Å². The normalized spacial score (nSPS) is 21.6. The number of benzene rings is 1. The molecule has 5 nitrogen and oxygen atoms in total. The maximum Gasteiger partial charge on any atom is 0.269 e. The minimum Gasteiger partial charge on any atom is -0.388 e. The highest BCUT2D eigenvalue weighted by Gasteiger charge is 2.30. The van der Waals surface area contributed by atoms with Crippen LogP contribution in [0.4, 0.5) is 5.69 Å². The molecule has 1 aromatic rings. The summed E-state index contributed by atoms with van der Waals surface area (Å²) in [6.45, 7) is 0. The predicted molar refractivity (Wildman–Crippen MR) is 68.5 cm³/mol. The van der Waals surface area contributed by atoms with Gasteiger partial charge in [-0.1, -0.05) is 0 Å². The van der Waals surface area contributed by atoms with Gasteiger partial charge in [-0.25, -0.2) is 0 Å². The lowest BCUT2D eigenvalue weighted by Gasteiger charge is -2.25. The van der Waals surface area contributed by atoms with Gasteiger partial charge < -0.3 is 5.11 Å². The van der Waals surface area contributed by atoms with Crippen LogP contribution >= 0.6 is 11.8 Å². The van der Waals surface area contributed by atoms with Crippen molar-refractivity contribution in [2.45, 2.75) is 12.5 Å². The van der Waals surface area contributed by atoms with E-state index in [9.17, 15) is 20.0 Å². The molecule has 0 amide bonds. The Morgan fingerprint density at radius 1 is 1.39 bits per heavy atom. The second kappa shape index (κ2) is 5.49. The van der Waals surface area contributed by atoms with Crippen LogP contribution in [0.15, 0.2) is 24.3 Å². The van der Waals surface area contributed by atoms with E-state index in [0.29, 0.717) is 17.7 Å². The third kappa shape index (κ3) is 2.70. The van der Waals surface area contributed by atoms with Crippen LogP contribution in [0.25, 0.3) is 0 Å². The Balaban J connectivity index is 2.15. The first kappa shape index (κ1) is 13.0. The number of thioether (sulfide) groups is 1. The molecule has 1 heterocycles. The lowest BCUT2D eigenvalue weighted by Crippen LogP contribution is -2.28. The average molecular weight is 267 g/mol. The van der Waals surface area contributed by atoms with Crippen LogP contribution in [0, 0.1) is 16.0 Å². The monoisotopic (exact) mass is 267 g/mol. The molecule has 1 aromatic carbocycles. The van der Waals surface area contributed by atoms with Crippen molar-refractivity contribution in [3.05, 3.63) is 39.9 Å². The number of non-ortho nitro benzene ring substituents is 1. The molecule has 0 aromatic heterocycles. The largest absolute Gasteiger partial charge is 0.388 e. The summed E-state index contributed by atoms with van der Waals surface area (Å²) in [4.78, 5) is 21.7. The zero-order valence-corrected chi connectivity index (χ0v) is 10.4. The summed E-state index contributed by atoms with van der Waals surface area (Å²) in [5.74, 6) is 1.09. The van der Waals surface area contributed by atoms with E-state index >= 15 is 0 Å². The number of ketones is 1. The first-order chi connectivity index (χ1) is 8.59. The summed E-state index contributed by atoms with van der Waals surface area (Å²) >= 11 is 1.65. The van der Waals surface area contributed by atoms with E-state index in [-0.39, 0.29) is 11.5 Å². The minimum atomic E-state index is -0.869. The molecular formula is C12H13NO4S. The molecule has 6 heteroatoms. The van der Waals surface area contributed by atoms with Crippen LogP contribution in [-0.2, 0) is 4.79 Å². The van der Waals surface area contributed by atoms with Crippen LogP contribution in [0.1, 0.15) is 18.1 Å².